The van der Waals surface area contributed by atoms with E-state index in [1.165, 1.54) is 6.21 Å². The van der Waals surface area contributed by atoms with Crippen LogP contribution in [0.4, 0.5) is 5.69 Å². The predicted molar refractivity (Wildman–Crippen MR) is 102 cm³/mol. The summed E-state index contributed by atoms with van der Waals surface area (Å²) in [5.74, 6) is -0.291. The Bertz CT molecular complexity index is 705. The number of halogens is 2. The molecule has 0 heterocycles. The van der Waals surface area contributed by atoms with Crippen molar-refractivity contribution in [1.29, 1.82) is 0 Å². The van der Waals surface area contributed by atoms with Gasteiger partial charge in [0, 0.05) is 29.9 Å². The number of nitrogens with one attached hydrogen (secondary N) is 1. The molecule has 126 valence electrons. The topological polar surface area (TPSA) is 44.7 Å². The summed E-state index contributed by atoms with van der Waals surface area (Å²) in [4.78, 5) is 14.3. The minimum absolute atomic E-state index is 0.291. The molecule has 0 aliphatic heterocycles. The second-order valence-electron chi connectivity index (χ2n) is 5.05. The number of carbonyl (C=O) groups is 1. The van der Waals surface area contributed by atoms with Gasteiger partial charge in [0.25, 0.3) is 5.91 Å². The molecule has 1 N–H and O–H groups in total. The molecule has 0 radical (unpaired) electrons. The zero-order valence-electron chi connectivity index (χ0n) is 13.6. The van der Waals surface area contributed by atoms with Gasteiger partial charge in [-0.2, -0.15) is 5.10 Å². The van der Waals surface area contributed by atoms with Gasteiger partial charge in [0.2, 0.25) is 0 Å². The Hall–Kier alpha value is -2.04. The first-order valence-electron chi connectivity index (χ1n) is 7.69. The van der Waals surface area contributed by atoms with Crippen LogP contribution < -0.4 is 10.3 Å². The molecule has 0 aliphatic rings. The summed E-state index contributed by atoms with van der Waals surface area (Å²) >= 11 is 12.1. The summed E-state index contributed by atoms with van der Waals surface area (Å²) in [6, 6.07) is 12.6. The molecule has 2 aromatic rings. The number of benzene rings is 2. The quantitative estimate of drug-likeness (QED) is 0.601. The average molecular weight is 364 g/mol. The van der Waals surface area contributed by atoms with Crippen LogP contribution in [0.5, 0.6) is 0 Å². The van der Waals surface area contributed by atoms with Gasteiger partial charge >= 0.3 is 0 Å². The van der Waals surface area contributed by atoms with E-state index >= 15 is 0 Å². The molecule has 0 spiro atoms. The number of hydrogen-bond acceptors (Lipinski definition) is 3. The van der Waals surface area contributed by atoms with Crippen LogP contribution in [-0.4, -0.2) is 25.2 Å². The molecular weight excluding hydrogens is 345 g/mol. The van der Waals surface area contributed by atoms with Gasteiger partial charge in [-0.05, 0) is 50.2 Å². The lowest BCUT2D eigenvalue weighted by Crippen LogP contribution is -2.22. The van der Waals surface area contributed by atoms with Gasteiger partial charge < -0.3 is 4.90 Å². The van der Waals surface area contributed by atoms with Gasteiger partial charge in [-0.25, -0.2) is 5.43 Å². The van der Waals surface area contributed by atoms with E-state index < -0.39 is 0 Å². The van der Waals surface area contributed by atoms with E-state index in [0.717, 1.165) is 18.8 Å². The third kappa shape index (κ3) is 4.49. The number of anilines is 1. The largest absolute Gasteiger partial charge is 0.372 e. The first kappa shape index (κ1) is 18.3. The summed E-state index contributed by atoms with van der Waals surface area (Å²) in [6.07, 6.45) is 1.44. The fraction of sp³-hybridized carbons (Fsp3) is 0.222. The van der Waals surface area contributed by atoms with E-state index in [0.29, 0.717) is 21.2 Å². The highest BCUT2D eigenvalue weighted by Gasteiger charge is 2.07. The van der Waals surface area contributed by atoms with Crippen molar-refractivity contribution in [3.05, 3.63) is 63.6 Å². The third-order valence-electron chi connectivity index (χ3n) is 3.62. The number of hydrogen-bond donors (Lipinski definition) is 1. The molecule has 0 atom stereocenters. The van der Waals surface area contributed by atoms with Crippen molar-refractivity contribution in [2.24, 2.45) is 5.10 Å². The van der Waals surface area contributed by atoms with Crippen LogP contribution >= 0.6 is 23.2 Å². The molecule has 0 bridgehead atoms. The Morgan fingerprint density at radius 2 is 1.67 bits per heavy atom. The van der Waals surface area contributed by atoms with E-state index in [4.69, 9.17) is 23.2 Å². The summed E-state index contributed by atoms with van der Waals surface area (Å²) in [5, 5.41) is 4.88. The Labute approximate surface area is 152 Å². The van der Waals surface area contributed by atoms with Gasteiger partial charge in [0.1, 0.15) is 0 Å². The van der Waals surface area contributed by atoms with Crippen LogP contribution in [0.3, 0.4) is 0 Å². The monoisotopic (exact) mass is 363 g/mol. The molecule has 6 heteroatoms. The Kier molecular flexibility index (Phi) is 6.64. The van der Waals surface area contributed by atoms with Gasteiger partial charge in [0.15, 0.2) is 0 Å². The lowest BCUT2D eigenvalue weighted by molar-refractivity contribution is 0.0955. The fourth-order valence-corrected chi connectivity index (χ4v) is 2.76. The maximum absolute atomic E-state index is 12.1. The van der Waals surface area contributed by atoms with Gasteiger partial charge in [-0.3, -0.25) is 4.79 Å². The second-order valence-corrected chi connectivity index (χ2v) is 5.87. The van der Waals surface area contributed by atoms with Crippen molar-refractivity contribution < 1.29 is 4.79 Å². The van der Waals surface area contributed by atoms with Gasteiger partial charge in [-0.1, -0.05) is 29.3 Å². The molecule has 0 saturated carbocycles. The number of nitrogens with zero attached hydrogens (tertiary/aromatic N) is 2. The molecule has 0 aliphatic carbocycles. The summed E-state index contributed by atoms with van der Waals surface area (Å²) in [5.41, 5.74) is 4.67. The van der Waals surface area contributed by atoms with Crippen LogP contribution in [0.15, 0.2) is 47.6 Å². The van der Waals surface area contributed by atoms with E-state index in [1.807, 2.05) is 12.1 Å². The Balaban J connectivity index is 2.04. The SMILES string of the molecule is CCN(CC)c1ccc(C(=O)N/N=C\c2c(Cl)cccc2Cl)cc1. The van der Waals surface area contributed by atoms with Crippen LogP contribution in [0, 0.1) is 0 Å². The molecule has 0 saturated heterocycles. The van der Waals surface area contributed by atoms with Crippen molar-refractivity contribution in [1.82, 2.24) is 5.43 Å². The van der Waals surface area contributed by atoms with E-state index in [1.54, 1.807) is 30.3 Å². The molecular formula is C18H19Cl2N3O. The maximum atomic E-state index is 12.1. The van der Waals surface area contributed by atoms with E-state index in [9.17, 15) is 4.79 Å². The summed E-state index contributed by atoms with van der Waals surface area (Å²) in [6.45, 7) is 6.03. The molecule has 0 aromatic heterocycles. The smallest absolute Gasteiger partial charge is 0.271 e. The minimum atomic E-state index is -0.291. The molecule has 2 rings (SSSR count). The molecule has 0 unspecified atom stereocenters. The number of amides is 1. The van der Waals surface area contributed by atoms with Crippen molar-refractivity contribution >= 4 is 41.0 Å². The zero-order chi connectivity index (χ0) is 17.5. The van der Waals surface area contributed by atoms with Crippen LogP contribution in [0.2, 0.25) is 10.0 Å². The number of hydrazone groups is 1. The lowest BCUT2D eigenvalue weighted by Gasteiger charge is -2.20. The van der Waals surface area contributed by atoms with Crippen LogP contribution in [0.1, 0.15) is 29.8 Å². The molecule has 0 fully saturated rings. The summed E-state index contributed by atoms with van der Waals surface area (Å²) < 4.78 is 0. The van der Waals surface area contributed by atoms with E-state index in [2.05, 4.69) is 29.3 Å². The molecule has 24 heavy (non-hydrogen) atoms. The van der Waals surface area contributed by atoms with Gasteiger partial charge in [-0.15, -0.1) is 0 Å². The first-order chi connectivity index (χ1) is 11.6. The van der Waals surface area contributed by atoms with E-state index in [-0.39, 0.29) is 5.91 Å². The Morgan fingerprint density at radius 3 is 2.21 bits per heavy atom. The maximum Gasteiger partial charge on any atom is 0.271 e. The highest BCUT2D eigenvalue weighted by Crippen LogP contribution is 2.22. The lowest BCUT2D eigenvalue weighted by atomic mass is 10.2. The minimum Gasteiger partial charge on any atom is -0.372 e. The van der Waals surface area contributed by atoms with Crippen molar-refractivity contribution in [2.45, 2.75) is 13.8 Å². The third-order valence-corrected chi connectivity index (χ3v) is 4.28. The Morgan fingerprint density at radius 1 is 1.08 bits per heavy atom. The highest BCUT2D eigenvalue weighted by molar-refractivity contribution is 6.38. The predicted octanol–water partition coefficient (Wildman–Crippen LogP) is 4.60. The van der Waals surface area contributed by atoms with Crippen molar-refractivity contribution in [3.8, 4) is 0 Å². The molecule has 1 amide bonds. The van der Waals surface area contributed by atoms with Crippen molar-refractivity contribution in [2.75, 3.05) is 18.0 Å². The fourth-order valence-electron chi connectivity index (χ4n) is 2.27. The molecule has 4 nitrogen and oxygen atoms in total. The number of carbonyl (C=O) groups excluding carboxylic acids is 1. The molecule has 2 aromatic carbocycles. The van der Waals surface area contributed by atoms with Crippen molar-refractivity contribution in [3.63, 3.8) is 0 Å². The first-order valence-corrected chi connectivity index (χ1v) is 8.44. The average Bonchev–Trinajstić information content (AvgIpc) is 2.59. The zero-order valence-corrected chi connectivity index (χ0v) is 15.1. The standard InChI is InChI=1S/C18H19Cl2N3O/c1-3-23(4-2)14-10-8-13(9-11-14)18(24)22-21-12-15-16(19)6-5-7-17(15)20/h5-12H,3-4H2,1-2H3,(H,22,24)/b21-12-. The van der Waals surface area contributed by atoms with Crippen LogP contribution in [-0.2, 0) is 0 Å². The summed E-state index contributed by atoms with van der Waals surface area (Å²) in [7, 11) is 0. The van der Waals surface area contributed by atoms with Gasteiger partial charge in [0.05, 0.1) is 16.3 Å². The van der Waals surface area contributed by atoms with Crippen LogP contribution in [0.25, 0.3) is 0 Å². The normalized spacial score (nSPS) is 10.8. The number of rotatable bonds is 6. The highest BCUT2D eigenvalue weighted by atomic mass is 35.5. The second kappa shape index (κ2) is 8.71.